The molecule has 1 N–H and O–H groups in total. The Balaban J connectivity index is 2.79. The summed E-state index contributed by atoms with van der Waals surface area (Å²) in [6.07, 6.45) is 1.73. The van der Waals surface area contributed by atoms with Crippen molar-refractivity contribution in [1.82, 2.24) is 5.32 Å². The highest BCUT2D eigenvalue weighted by molar-refractivity contribution is 5.31. The quantitative estimate of drug-likeness (QED) is 0.824. The van der Waals surface area contributed by atoms with E-state index < -0.39 is 0 Å². The van der Waals surface area contributed by atoms with Crippen LogP contribution in [0.15, 0.2) is 18.2 Å². The van der Waals surface area contributed by atoms with Crippen LogP contribution in [0.4, 0.5) is 4.39 Å². The third kappa shape index (κ3) is 4.00. The van der Waals surface area contributed by atoms with Gasteiger partial charge in [0.2, 0.25) is 0 Å². The maximum absolute atomic E-state index is 14.0. The number of hydrogen-bond acceptors (Lipinski definition) is 2. The Morgan fingerprint density at radius 1 is 1.35 bits per heavy atom. The smallest absolute Gasteiger partial charge is 0.168 e. The Hall–Kier alpha value is -1.09. The molecule has 0 saturated carbocycles. The molecule has 1 aromatic rings. The van der Waals surface area contributed by atoms with E-state index in [9.17, 15) is 4.39 Å². The van der Waals surface area contributed by atoms with E-state index in [-0.39, 0.29) is 5.82 Å². The number of nitrogens with one attached hydrogen (secondary N) is 1. The summed E-state index contributed by atoms with van der Waals surface area (Å²) < 4.78 is 18.9. The van der Waals surface area contributed by atoms with Gasteiger partial charge in [-0.2, -0.15) is 0 Å². The molecule has 1 atom stereocenters. The van der Waals surface area contributed by atoms with Gasteiger partial charge in [-0.15, -0.1) is 0 Å². The zero-order valence-electron chi connectivity index (χ0n) is 11.1. The summed E-state index contributed by atoms with van der Waals surface area (Å²) in [6, 6.07) is 5.61. The Morgan fingerprint density at radius 3 is 2.59 bits per heavy atom. The maximum Gasteiger partial charge on any atom is 0.168 e. The molecule has 3 heteroatoms. The minimum absolute atomic E-state index is 0.237. The average Bonchev–Trinajstić information content (AvgIpc) is 2.30. The van der Waals surface area contributed by atoms with Gasteiger partial charge < -0.3 is 10.1 Å². The van der Waals surface area contributed by atoms with Crippen LogP contribution in [0.3, 0.4) is 0 Å². The summed E-state index contributed by atoms with van der Waals surface area (Å²) in [4.78, 5) is 0. The molecule has 0 aliphatic carbocycles. The maximum atomic E-state index is 14.0. The van der Waals surface area contributed by atoms with Crippen molar-refractivity contribution in [2.75, 3.05) is 14.2 Å². The molecule has 0 bridgehead atoms. The molecular formula is C14H22FNO. The van der Waals surface area contributed by atoms with Gasteiger partial charge in [-0.3, -0.25) is 0 Å². The second-order valence-corrected chi connectivity index (χ2v) is 4.75. The first-order valence-electron chi connectivity index (χ1n) is 6.07. The SMILES string of the molecule is CNC(Cc1cccc(OC)c1F)CC(C)C. The molecule has 1 rings (SSSR count). The highest BCUT2D eigenvalue weighted by Gasteiger charge is 2.14. The molecule has 0 aromatic heterocycles. The number of hydrogen-bond donors (Lipinski definition) is 1. The Bertz CT molecular complexity index is 352. The molecule has 0 spiro atoms. The van der Waals surface area contributed by atoms with E-state index in [1.54, 1.807) is 6.07 Å². The summed E-state index contributed by atoms with van der Waals surface area (Å²) in [6.45, 7) is 4.35. The number of benzene rings is 1. The molecule has 0 radical (unpaired) electrons. The van der Waals surface area contributed by atoms with E-state index in [4.69, 9.17) is 4.74 Å². The second kappa shape index (κ2) is 6.60. The first-order valence-corrected chi connectivity index (χ1v) is 6.07. The monoisotopic (exact) mass is 239 g/mol. The van der Waals surface area contributed by atoms with Crippen LogP contribution < -0.4 is 10.1 Å². The summed E-state index contributed by atoms with van der Waals surface area (Å²) in [5.41, 5.74) is 0.712. The van der Waals surface area contributed by atoms with E-state index in [1.165, 1.54) is 7.11 Å². The zero-order chi connectivity index (χ0) is 12.8. The van der Waals surface area contributed by atoms with E-state index in [0.717, 1.165) is 6.42 Å². The number of methoxy groups -OCH3 is 1. The van der Waals surface area contributed by atoms with E-state index in [1.807, 2.05) is 19.2 Å². The predicted octanol–water partition coefficient (Wildman–Crippen LogP) is 3.01. The molecule has 0 saturated heterocycles. The van der Waals surface area contributed by atoms with Crippen LogP contribution >= 0.6 is 0 Å². The highest BCUT2D eigenvalue weighted by atomic mass is 19.1. The number of ether oxygens (including phenoxy) is 1. The zero-order valence-corrected chi connectivity index (χ0v) is 11.1. The normalized spacial score (nSPS) is 12.8. The molecule has 1 unspecified atom stereocenters. The Morgan fingerprint density at radius 2 is 2.06 bits per heavy atom. The van der Waals surface area contributed by atoms with E-state index >= 15 is 0 Å². The van der Waals surface area contributed by atoms with Crippen molar-refractivity contribution in [3.63, 3.8) is 0 Å². The van der Waals surface area contributed by atoms with Gasteiger partial charge in [0.15, 0.2) is 11.6 Å². The fraction of sp³-hybridized carbons (Fsp3) is 0.571. The largest absolute Gasteiger partial charge is 0.494 e. The van der Waals surface area contributed by atoms with Crippen LogP contribution in [0, 0.1) is 11.7 Å². The molecule has 17 heavy (non-hydrogen) atoms. The van der Waals surface area contributed by atoms with Crippen molar-refractivity contribution in [3.05, 3.63) is 29.6 Å². The molecule has 0 aliphatic rings. The van der Waals surface area contributed by atoms with Gasteiger partial charge in [0.05, 0.1) is 7.11 Å². The third-order valence-electron chi connectivity index (χ3n) is 2.89. The molecule has 0 amide bonds. The van der Waals surface area contributed by atoms with Crippen LogP contribution in [-0.2, 0) is 6.42 Å². The van der Waals surface area contributed by atoms with Gasteiger partial charge in [-0.1, -0.05) is 26.0 Å². The predicted molar refractivity (Wildman–Crippen MR) is 69.0 cm³/mol. The molecule has 2 nitrogen and oxygen atoms in total. The van der Waals surface area contributed by atoms with Crippen LogP contribution in [0.1, 0.15) is 25.8 Å². The third-order valence-corrected chi connectivity index (χ3v) is 2.89. The van der Waals surface area contributed by atoms with Crippen molar-refractivity contribution in [2.24, 2.45) is 5.92 Å². The lowest BCUT2D eigenvalue weighted by molar-refractivity contribution is 0.380. The van der Waals surface area contributed by atoms with Gasteiger partial charge in [0, 0.05) is 6.04 Å². The standard InChI is InChI=1S/C14H22FNO/c1-10(2)8-12(16-3)9-11-6-5-7-13(17-4)14(11)15/h5-7,10,12,16H,8-9H2,1-4H3. The topological polar surface area (TPSA) is 21.3 Å². The van der Waals surface area contributed by atoms with Crippen molar-refractivity contribution < 1.29 is 9.13 Å². The molecular weight excluding hydrogens is 217 g/mol. The summed E-state index contributed by atoms with van der Waals surface area (Å²) in [5, 5.41) is 3.24. The summed E-state index contributed by atoms with van der Waals surface area (Å²) in [7, 11) is 3.41. The number of rotatable bonds is 6. The van der Waals surface area contributed by atoms with Crippen LogP contribution in [0.25, 0.3) is 0 Å². The fourth-order valence-corrected chi connectivity index (χ4v) is 2.01. The average molecular weight is 239 g/mol. The molecule has 0 aliphatic heterocycles. The summed E-state index contributed by atoms with van der Waals surface area (Å²) >= 11 is 0. The molecule has 1 aromatic carbocycles. The van der Waals surface area contributed by atoms with Crippen molar-refractivity contribution in [2.45, 2.75) is 32.7 Å². The Kier molecular flexibility index (Phi) is 5.42. The van der Waals surface area contributed by atoms with Gasteiger partial charge in [-0.25, -0.2) is 4.39 Å². The number of halogens is 1. The molecule has 96 valence electrons. The minimum Gasteiger partial charge on any atom is -0.494 e. The van der Waals surface area contributed by atoms with Crippen LogP contribution in [0.2, 0.25) is 0 Å². The van der Waals surface area contributed by atoms with Crippen LogP contribution in [-0.4, -0.2) is 20.2 Å². The Labute approximate surface area is 103 Å². The fourth-order valence-electron chi connectivity index (χ4n) is 2.01. The molecule has 0 fully saturated rings. The number of likely N-dealkylation sites (N-methyl/N-ethyl adjacent to an activating group) is 1. The lowest BCUT2D eigenvalue weighted by Crippen LogP contribution is -2.29. The van der Waals surface area contributed by atoms with Gasteiger partial charge >= 0.3 is 0 Å². The van der Waals surface area contributed by atoms with Gasteiger partial charge in [-0.05, 0) is 37.4 Å². The first-order chi connectivity index (χ1) is 8.08. The van der Waals surface area contributed by atoms with E-state index in [2.05, 4.69) is 19.2 Å². The van der Waals surface area contributed by atoms with Crippen molar-refractivity contribution >= 4 is 0 Å². The van der Waals surface area contributed by atoms with Crippen LogP contribution in [0.5, 0.6) is 5.75 Å². The second-order valence-electron chi connectivity index (χ2n) is 4.75. The minimum atomic E-state index is -0.237. The van der Waals surface area contributed by atoms with Crippen molar-refractivity contribution in [3.8, 4) is 5.75 Å². The lowest BCUT2D eigenvalue weighted by Gasteiger charge is -2.19. The highest BCUT2D eigenvalue weighted by Crippen LogP contribution is 2.22. The van der Waals surface area contributed by atoms with E-state index in [0.29, 0.717) is 29.7 Å². The van der Waals surface area contributed by atoms with Gasteiger partial charge in [0.1, 0.15) is 0 Å². The van der Waals surface area contributed by atoms with Gasteiger partial charge in [0.25, 0.3) is 0 Å². The molecule has 0 heterocycles. The first kappa shape index (κ1) is 14.0. The lowest BCUT2D eigenvalue weighted by atomic mass is 9.97. The van der Waals surface area contributed by atoms with Crippen molar-refractivity contribution in [1.29, 1.82) is 0 Å². The summed E-state index contributed by atoms with van der Waals surface area (Å²) in [5.74, 6) is 0.682.